The second-order valence-corrected chi connectivity index (χ2v) is 11.9. The average molecular weight is 515 g/mol. The molecule has 1 N–H and O–H groups in total. The largest absolute Gasteiger partial charge is 0.342 e. The second-order valence-electron chi connectivity index (χ2n) is 11.9. The van der Waals surface area contributed by atoms with Crippen molar-refractivity contribution in [2.24, 2.45) is 24.8 Å². The van der Waals surface area contributed by atoms with Gasteiger partial charge in [0, 0.05) is 13.5 Å². The number of hydrogen-bond donors (Lipinski definition) is 1. The highest BCUT2D eigenvalue weighted by Gasteiger charge is 2.49. The van der Waals surface area contributed by atoms with E-state index in [4.69, 9.17) is 0 Å². The molecular weight excluding hydrogens is 476 g/mol. The minimum absolute atomic E-state index is 0.0354. The maximum Gasteiger partial charge on any atom is 0.247 e. The van der Waals surface area contributed by atoms with Crippen LogP contribution in [0.4, 0.5) is 0 Å². The van der Waals surface area contributed by atoms with Gasteiger partial charge in [0.05, 0.1) is 17.4 Å². The number of carbonyl (C=O) groups is 3. The molecule has 0 unspecified atom stereocenters. The highest BCUT2D eigenvalue weighted by molar-refractivity contribution is 6.01. The quantitative estimate of drug-likeness (QED) is 0.483. The lowest BCUT2D eigenvalue weighted by Gasteiger charge is -2.45. The van der Waals surface area contributed by atoms with Crippen molar-refractivity contribution in [2.75, 3.05) is 0 Å². The number of amides is 2. The number of aromatic nitrogens is 2. The topological polar surface area (TPSA) is 84.3 Å². The van der Waals surface area contributed by atoms with Crippen LogP contribution >= 0.6 is 0 Å². The summed E-state index contributed by atoms with van der Waals surface area (Å²) >= 11 is 0. The van der Waals surface area contributed by atoms with E-state index in [2.05, 4.69) is 22.4 Å². The molecule has 5 rings (SSSR count). The molecule has 1 fully saturated rings. The predicted molar refractivity (Wildman–Crippen MR) is 147 cm³/mol. The standard InChI is InChI=1S/C31H38N4O3/c1-18(2)12-26-30(37)33-28(23-14-20-8-6-7-9-21(20)15-23)31(38)35(26)29(27(36)13-19(3)4)22-10-11-24-25(16-22)34(5)17-32-24/h6-11,16-19,23,26,28-29H,12-15H2,1-5H3,(H,33,37)/t26-,28-,29-/m1/s1. The summed E-state index contributed by atoms with van der Waals surface area (Å²) in [4.78, 5) is 48.2. The highest BCUT2D eigenvalue weighted by Crippen LogP contribution is 2.37. The number of nitrogens with one attached hydrogen (secondary N) is 1. The molecule has 0 saturated carbocycles. The fraction of sp³-hybridized carbons (Fsp3) is 0.484. The third-order valence-electron chi connectivity index (χ3n) is 7.96. The van der Waals surface area contributed by atoms with Gasteiger partial charge >= 0.3 is 0 Å². The maximum absolute atomic E-state index is 14.4. The van der Waals surface area contributed by atoms with Crippen molar-refractivity contribution in [2.45, 2.75) is 71.5 Å². The molecule has 7 heteroatoms. The van der Waals surface area contributed by atoms with Gasteiger partial charge in [-0.15, -0.1) is 0 Å². The summed E-state index contributed by atoms with van der Waals surface area (Å²) in [5.74, 6) is -0.0846. The Labute approximate surface area is 224 Å². The van der Waals surface area contributed by atoms with Crippen LogP contribution in [0, 0.1) is 17.8 Å². The number of nitrogens with zero attached hydrogens (tertiary/aromatic N) is 3. The number of piperazine rings is 1. The third kappa shape index (κ3) is 4.86. The van der Waals surface area contributed by atoms with E-state index in [1.807, 2.05) is 69.6 Å². The first-order valence-electron chi connectivity index (χ1n) is 13.8. The molecule has 0 spiro atoms. The Morgan fingerprint density at radius 2 is 1.71 bits per heavy atom. The van der Waals surface area contributed by atoms with Crippen LogP contribution in [0.25, 0.3) is 11.0 Å². The van der Waals surface area contributed by atoms with E-state index in [0.717, 1.165) is 29.4 Å². The second kappa shape index (κ2) is 10.4. The number of benzene rings is 2. The van der Waals surface area contributed by atoms with Crippen LogP contribution in [0.5, 0.6) is 0 Å². The molecule has 1 aliphatic carbocycles. The van der Waals surface area contributed by atoms with Gasteiger partial charge in [-0.2, -0.15) is 0 Å². The van der Waals surface area contributed by atoms with E-state index in [9.17, 15) is 14.4 Å². The Morgan fingerprint density at radius 3 is 2.34 bits per heavy atom. The van der Waals surface area contributed by atoms with Crippen LogP contribution in [0.3, 0.4) is 0 Å². The lowest BCUT2D eigenvalue weighted by atomic mass is 9.86. The van der Waals surface area contributed by atoms with Gasteiger partial charge < -0.3 is 14.8 Å². The van der Waals surface area contributed by atoms with E-state index in [-0.39, 0.29) is 35.4 Å². The molecule has 38 heavy (non-hydrogen) atoms. The summed E-state index contributed by atoms with van der Waals surface area (Å²) in [5, 5.41) is 3.09. The Balaban J connectivity index is 1.58. The number of ketones is 1. The molecule has 0 bridgehead atoms. The predicted octanol–water partition coefficient (Wildman–Crippen LogP) is 4.39. The van der Waals surface area contributed by atoms with Crippen molar-refractivity contribution >= 4 is 28.6 Å². The molecule has 3 aromatic rings. The highest BCUT2D eigenvalue weighted by atomic mass is 16.2. The van der Waals surface area contributed by atoms with Crippen molar-refractivity contribution in [1.29, 1.82) is 0 Å². The van der Waals surface area contributed by atoms with Gasteiger partial charge in [-0.05, 0) is 65.8 Å². The van der Waals surface area contributed by atoms with Crippen LogP contribution in [0.2, 0.25) is 0 Å². The number of fused-ring (bicyclic) bond motifs is 2. The first kappa shape index (κ1) is 26.1. The van der Waals surface area contributed by atoms with Crippen LogP contribution in [0.15, 0.2) is 48.8 Å². The van der Waals surface area contributed by atoms with Crippen molar-refractivity contribution in [3.63, 3.8) is 0 Å². The molecule has 2 aromatic carbocycles. The first-order chi connectivity index (χ1) is 18.1. The van der Waals surface area contributed by atoms with Crippen LogP contribution in [-0.2, 0) is 34.3 Å². The molecule has 7 nitrogen and oxygen atoms in total. The Morgan fingerprint density at radius 1 is 1.03 bits per heavy atom. The minimum Gasteiger partial charge on any atom is -0.342 e. The molecule has 2 amide bonds. The Kier molecular flexibility index (Phi) is 7.12. The summed E-state index contributed by atoms with van der Waals surface area (Å²) in [7, 11) is 1.92. The molecule has 2 aliphatic rings. The lowest BCUT2D eigenvalue weighted by molar-refractivity contribution is -0.157. The van der Waals surface area contributed by atoms with E-state index >= 15 is 0 Å². The summed E-state index contributed by atoms with van der Waals surface area (Å²) in [6.07, 6.45) is 4.04. The van der Waals surface area contributed by atoms with E-state index in [1.165, 1.54) is 11.1 Å². The van der Waals surface area contributed by atoms with Crippen LogP contribution < -0.4 is 5.32 Å². The van der Waals surface area contributed by atoms with E-state index in [1.54, 1.807) is 11.2 Å². The van der Waals surface area contributed by atoms with Gasteiger partial charge in [-0.25, -0.2) is 4.98 Å². The molecular formula is C31H38N4O3. The normalized spacial score (nSPS) is 20.9. The number of rotatable bonds is 8. The summed E-state index contributed by atoms with van der Waals surface area (Å²) in [5.41, 5.74) is 4.90. The van der Waals surface area contributed by atoms with Crippen LogP contribution in [-0.4, -0.2) is 44.1 Å². The molecule has 2 heterocycles. The van der Waals surface area contributed by atoms with Gasteiger partial charge in [-0.3, -0.25) is 14.4 Å². The number of hydrogen-bond acceptors (Lipinski definition) is 4. The van der Waals surface area contributed by atoms with E-state index < -0.39 is 18.1 Å². The third-order valence-corrected chi connectivity index (χ3v) is 7.96. The molecule has 200 valence electrons. The molecule has 1 saturated heterocycles. The fourth-order valence-electron chi connectivity index (χ4n) is 6.20. The molecule has 0 radical (unpaired) electrons. The van der Waals surface area contributed by atoms with Crippen molar-refractivity contribution in [3.05, 3.63) is 65.5 Å². The zero-order valence-corrected chi connectivity index (χ0v) is 23.0. The minimum atomic E-state index is -0.828. The van der Waals surface area contributed by atoms with Crippen molar-refractivity contribution in [1.82, 2.24) is 19.8 Å². The fourth-order valence-corrected chi connectivity index (χ4v) is 6.20. The van der Waals surface area contributed by atoms with Gasteiger partial charge in [0.25, 0.3) is 0 Å². The molecule has 3 atom stereocenters. The zero-order valence-electron chi connectivity index (χ0n) is 23.0. The monoisotopic (exact) mass is 514 g/mol. The zero-order chi connectivity index (χ0) is 27.1. The van der Waals surface area contributed by atoms with Gasteiger partial charge in [-0.1, -0.05) is 58.0 Å². The maximum atomic E-state index is 14.4. The number of aryl methyl sites for hydroxylation is 1. The summed E-state index contributed by atoms with van der Waals surface area (Å²) in [6.45, 7) is 8.10. The molecule has 1 aromatic heterocycles. The first-order valence-corrected chi connectivity index (χ1v) is 13.8. The van der Waals surface area contributed by atoms with Gasteiger partial charge in [0.1, 0.15) is 18.1 Å². The van der Waals surface area contributed by atoms with Crippen molar-refractivity contribution in [3.8, 4) is 0 Å². The average Bonchev–Trinajstić information content (AvgIpc) is 3.46. The number of imidazole rings is 1. The van der Waals surface area contributed by atoms with E-state index in [0.29, 0.717) is 12.8 Å². The lowest BCUT2D eigenvalue weighted by Crippen LogP contribution is -2.66. The Hall–Kier alpha value is -3.48. The number of carbonyl (C=O) groups excluding carboxylic acids is 3. The molecule has 1 aliphatic heterocycles. The van der Waals surface area contributed by atoms with Crippen molar-refractivity contribution < 1.29 is 14.4 Å². The van der Waals surface area contributed by atoms with Gasteiger partial charge in [0.2, 0.25) is 11.8 Å². The SMILES string of the molecule is CC(C)CC(=O)[C@@H](c1ccc2ncn(C)c2c1)N1C(=O)[C@@H](C2Cc3ccccc3C2)NC(=O)[C@H]1CC(C)C. The summed E-state index contributed by atoms with van der Waals surface area (Å²) in [6, 6.07) is 11.8. The summed E-state index contributed by atoms with van der Waals surface area (Å²) < 4.78 is 1.91. The van der Waals surface area contributed by atoms with Crippen LogP contribution in [0.1, 0.15) is 63.3 Å². The smallest absolute Gasteiger partial charge is 0.247 e. The number of Topliss-reactive ketones (excluding diaryl/α,β-unsaturated/α-hetero) is 1. The van der Waals surface area contributed by atoms with Gasteiger partial charge in [0.15, 0.2) is 5.78 Å². The Bertz CT molecular complexity index is 1350.